The molecule has 0 bridgehead atoms. The van der Waals surface area contributed by atoms with Crippen molar-refractivity contribution in [2.75, 3.05) is 11.1 Å². The van der Waals surface area contributed by atoms with Crippen LogP contribution in [0.3, 0.4) is 0 Å². The van der Waals surface area contributed by atoms with Crippen LogP contribution in [0.5, 0.6) is 0 Å². The average molecular weight is 210 g/mol. The molecule has 4 heteroatoms. The van der Waals surface area contributed by atoms with Crippen molar-refractivity contribution >= 4 is 11.5 Å². The third-order valence-electron chi connectivity index (χ3n) is 2.11. The minimum absolute atomic E-state index is 0.00671. The smallest absolute Gasteiger partial charge is 0.148 e. The van der Waals surface area contributed by atoms with E-state index >= 15 is 0 Å². The predicted octanol–water partition coefficient (Wildman–Crippen LogP) is 2.57. The highest BCUT2D eigenvalue weighted by Gasteiger charge is 2.19. The summed E-state index contributed by atoms with van der Waals surface area (Å²) < 4.78 is 1.94. The van der Waals surface area contributed by atoms with Crippen molar-refractivity contribution in [1.29, 1.82) is 0 Å². The summed E-state index contributed by atoms with van der Waals surface area (Å²) in [5.74, 6) is 0.926. The molecule has 0 fully saturated rings. The van der Waals surface area contributed by atoms with Gasteiger partial charge < -0.3 is 11.1 Å². The normalized spacial score (nSPS) is 12.2. The van der Waals surface area contributed by atoms with Gasteiger partial charge in [0, 0.05) is 11.6 Å². The van der Waals surface area contributed by atoms with Gasteiger partial charge in [-0.3, -0.25) is 0 Å². The first kappa shape index (κ1) is 11.9. The molecule has 0 aliphatic carbocycles. The molecule has 4 nitrogen and oxygen atoms in total. The first-order chi connectivity index (χ1) is 6.72. The third kappa shape index (κ3) is 2.64. The third-order valence-corrected chi connectivity index (χ3v) is 2.11. The molecule has 0 aliphatic rings. The average Bonchev–Trinajstić information content (AvgIpc) is 2.30. The molecule has 0 amide bonds. The Kier molecular flexibility index (Phi) is 2.98. The van der Waals surface area contributed by atoms with Gasteiger partial charge in [0.15, 0.2) is 0 Å². The summed E-state index contributed by atoms with van der Waals surface area (Å²) in [7, 11) is 0. The molecular weight excluding hydrogens is 188 g/mol. The second kappa shape index (κ2) is 3.76. The fourth-order valence-electron chi connectivity index (χ4n) is 1.41. The van der Waals surface area contributed by atoms with E-state index in [-0.39, 0.29) is 5.54 Å². The van der Waals surface area contributed by atoms with Crippen molar-refractivity contribution in [2.24, 2.45) is 0 Å². The monoisotopic (exact) mass is 210 g/mol. The number of anilines is 2. The number of rotatable bonds is 2. The maximum atomic E-state index is 6.00. The van der Waals surface area contributed by atoms with Crippen LogP contribution in [0.25, 0.3) is 0 Å². The molecule has 15 heavy (non-hydrogen) atoms. The lowest BCUT2D eigenvalue weighted by Gasteiger charge is -2.24. The highest BCUT2D eigenvalue weighted by atomic mass is 15.4. The Morgan fingerprint density at radius 3 is 2.27 bits per heavy atom. The lowest BCUT2D eigenvalue weighted by Crippen LogP contribution is -2.28. The largest absolute Gasteiger partial charge is 0.394 e. The Balaban J connectivity index is 3.14. The van der Waals surface area contributed by atoms with E-state index in [0.717, 1.165) is 17.2 Å². The Morgan fingerprint density at radius 1 is 1.33 bits per heavy atom. The number of nitrogen functional groups attached to an aromatic ring is 1. The maximum Gasteiger partial charge on any atom is 0.148 e. The number of nitrogens with two attached hydrogens (primary N) is 1. The molecule has 0 spiro atoms. The van der Waals surface area contributed by atoms with Crippen molar-refractivity contribution in [3.63, 3.8) is 0 Å². The second-order valence-corrected chi connectivity index (χ2v) is 5.26. The van der Waals surface area contributed by atoms with Crippen LogP contribution in [0.4, 0.5) is 11.5 Å². The summed E-state index contributed by atoms with van der Waals surface area (Å²) in [5.41, 5.74) is 7.63. The zero-order valence-corrected chi connectivity index (χ0v) is 10.5. The van der Waals surface area contributed by atoms with E-state index in [9.17, 15) is 0 Å². The van der Waals surface area contributed by atoms with Crippen molar-refractivity contribution < 1.29 is 0 Å². The summed E-state index contributed by atoms with van der Waals surface area (Å²) in [6.07, 6.45) is 0. The van der Waals surface area contributed by atoms with Crippen LogP contribution in [0.1, 0.15) is 46.4 Å². The summed E-state index contributed by atoms with van der Waals surface area (Å²) in [5, 5.41) is 7.82. The van der Waals surface area contributed by atoms with Crippen molar-refractivity contribution in [3.8, 4) is 0 Å². The molecule has 0 saturated carbocycles. The quantitative estimate of drug-likeness (QED) is 0.788. The Morgan fingerprint density at radius 2 is 1.87 bits per heavy atom. The SMILES string of the molecule is Cc1nn(C(C)C)c(NC(C)(C)C)c1N. The number of nitrogens with zero attached hydrogens (tertiary/aromatic N) is 2. The number of nitrogens with one attached hydrogen (secondary N) is 1. The standard InChI is InChI=1S/C11H22N4/c1-7(2)15-10(13-11(4,5)6)9(12)8(3)14-15/h7,13H,12H2,1-6H3. The second-order valence-electron chi connectivity index (χ2n) is 5.26. The Bertz CT molecular complexity index is 344. The van der Waals surface area contributed by atoms with Gasteiger partial charge in [-0.25, -0.2) is 4.68 Å². The summed E-state index contributed by atoms with van der Waals surface area (Å²) in [6, 6.07) is 0.311. The van der Waals surface area contributed by atoms with Crippen molar-refractivity contribution in [3.05, 3.63) is 5.69 Å². The molecule has 86 valence electrons. The molecular formula is C11H22N4. The first-order valence-electron chi connectivity index (χ1n) is 5.35. The van der Waals surface area contributed by atoms with Gasteiger partial charge in [0.1, 0.15) is 5.82 Å². The Hall–Kier alpha value is -1.19. The number of hydrogen-bond acceptors (Lipinski definition) is 3. The van der Waals surface area contributed by atoms with Crippen molar-refractivity contribution in [1.82, 2.24) is 9.78 Å². The van der Waals surface area contributed by atoms with E-state index in [4.69, 9.17) is 5.73 Å². The molecule has 0 unspecified atom stereocenters. The van der Waals surface area contributed by atoms with Crippen LogP contribution >= 0.6 is 0 Å². The van der Waals surface area contributed by atoms with Gasteiger partial charge in [0.05, 0.1) is 11.4 Å². The van der Waals surface area contributed by atoms with Crippen LogP contribution in [-0.4, -0.2) is 15.3 Å². The Labute approximate surface area is 91.8 Å². The van der Waals surface area contributed by atoms with E-state index in [1.807, 2.05) is 11.6 Å². The van der Waals surface area contributed by atoms with Gasteiger partial charge in [-0.15, -0.1) is 0 Å². The van der Waals surface area contributed by atoms with E-state index in [2.05, 4.69) is 45.0 Å². The van der Waals surface area contributed by atoms with E-state index in [1.165, 1.54) is 0 Å². The topological polar surface area (TPSA) is 55.9 Å². The van der Waals surface area contributed by atoms with Gasteiger partial charge in [-0.2, -0.15) is 5.10 Å². The van der Waals surface area contributed by atoms with Gasteiger partial charge in [0.2, 0.25) is 0 Å². The molecule has 0 saturated heterocycles. The van der Waals surface area contributed by atoms with Crippen LogP contribution < -0.4 is 11.1 Å². The zero-order valence-electron chi connectivity index (χ0n) is 10.5. The first-order valence-corrected chi connectivity index (χ1v) is 5.35. The van der Waals surface area contributed by atoms with E-state index in [1.54, 1.807) is 0 Å². The molecule has 0 aromatic carbocycles. The predicted molar refractivity (Wildman–Crippen MR) is 65.1 cm³/mol. The zero-order chi connectivity index (χ0) is 11.8. The van der Waals surface area contributed by atoms with Crippen molar-refractivity contribution in [2.45, 2.75) is 53.1 Å². The number of hydrogen-bond donors (Lipinski definition) is 2. The molecule has 0 aliphatic heterocycles. The van der Waals surface area contributed by atoms with E-state index in [0.29, 0.717) is 6.04 Å². The highest BCUT2D eigenvalue weighted by molar-refractivity contribution is 5.65. The van der Waals surface area contributed by atoms with Gasteiger partial charge in [0.25, 0.3) is 0 Å². The molecule has 3 N–H and O–H groups in total. The highest BCUT2D eigenvalue weighted by Crippen LogP contribution is 2.27. The van der Waals surface area contributed by atoms with Crippen LogP contribution in [-0.2, 0) is 0 Å². The molecule has 0 radical (unpaired) electrons. The minimum atomic E-state index is -0.00671. The van der Waals surface area contributed by atoms with Gasteiger partial charge >= 0.3 is 0 Å². The molecule has 1 rings (SSSR count). The van der Waals surface area contributed by atoms with Gasteiger partial charge in [-0.05, 0) is 41.5 Å². The van der Waals surface area contributed by atoms with Gasteiger partial charge in [-0.1, -0.05) is 0 Å². The number of aryl methyl sites for hydroxylation is 1. The summed E-state index contributed by atoms with van der Waals surface area (Å²) >= 11 is 0. The molecule has 1 aromatic heterocycles. The number of aromatic nitrogens is 2. The fourth-order valence-corrected chi connectivity index (χ4v) is 1.41. The van der Waals surface area contributed by atoms with Crippen LogP contribution in [0, 0.1) is 6.92 Å². The summed E-state index contributed by atoms with van der Waals surface area (Å²) in [4.78, 5) is 0. The van der Waals surface area contributed by atoms with E-state index < -0.39 is 0 Å². The fraction of sp³-hybridized carbons (Fsp3) is 0.727. The minimum Gasteiger partial charge on any atom is -0.394 e. The molecule has 1 aromatic rings. The molecule has 1 heterocycles. The molecule has 0 atom stereocenters. The van der Waals surface area contributed by atoms with Crippen LogP contribution in [0.2, 0.25) is 0 Å². The lowest BCUT2D eigenvalue weighted by molar-refractivity contribution is 0.521. The maximum absolute atomic E-state index is 6.00. The lowest BCUT2D eigenvalue weighted by atomic mass is 10.1. The summed E-state index contributed by atoms with van der Waals surface area (Å²) in [6.45, 7) is 12.5. The van der Waals surface area contributed by atoms with Crippen LogP contribution in [0.15, 0.2) is 0 Å².